The Labute approximate surface area is 125 Å². The first-order chi connectivity index (χ1) is 9.64. The molecule has 1 aromatic carbocycles. The van der Waals surface area contributed by atoms with Crippen molar-refractivity contribution in [3.05, 3.63) is 29.8 Å². The quantitative estimate of drug-likeness (QED) is 0.650. The highest BCUT2D eigenvalue weighted by Crippen LogP contribution is 2.11. The van der Waals surface area contributed by atoms with E-state index in [0.29, 0.717) is 0 Å². The summed E-state index contributed by atoms with van der Waals surface area (Å²) >= 11 is 0. The Kier molecular flexibility index (Phi) is 5.74. The van der Waals surface area contributed by atoms with Gasteiger partial charge in [0.15, 0.2) is 0 Å². The highest BCUT2D eigenvalue weighted by Gasteiger charge is 2.19. The largest absolute Gasteiger partial charge is 0.462 e. The number of ether oxygens (including phenoxy) is 1. The minimum atomic E-state index is -3.77. The fraction of sp³-hybridized carbons (Fsp3) is 0.500. The van der Waals surface area contributed by atoms with E-state index in [1.165, 1.54) is 12.1 Å². The van der Waals surface area contributed by atoms with Crippen molar-refractivity contribution in [2.75, 3.05) is 13.2 Å². The van der Waals surface area contributed by atoms with Crippen LogP contribution < -0.4 is 4.72 Å². The molecule has 1 rings (SSSR count). The van der Waals surface area contributed by atoms with Crippen LogP contribution in [-0.4, -0.2) is 38.3 Å². The molecular weight excluding hydrogens is 292 g/mol. The van der Waals surface area contributed by atoms with Gasteiger partial charge in [0.2, 0.25) is 0 Å². The minimum Gasteiger partial charge on any atom is -0.462 e. The molecule has 0 aliphatic heterocycles. The zero-order valence-electron chi connectivity index (χ0n) is 12.8. The van der Waals surface area contributed by atoms with Gasteiger partial charge in [0.05, 0.1) is 17.0 Å². The highest BCUT2D eigenvalue weighted by atomic mass is 32.2. The van der Waals surface area contributed by atoms with Crippen LogP contribution in [0.2, 0.25) is 0 Å². The first-order valence-electron chi connectivity index (χ1n) is 6.57. The Balaban J connectivity index is 3.01. The number of nitrogens with zero attached hydrogens (tertiary/aromatic N) is 1. The smallest absolute Gasteiger partial charge is 0.299 e. The zero-order chi connectivity index (χ0) is 16.1. The molecule has 1 aromatic rings. The van der Waals surface area contributed by atoms with Crippen molar-refractivity contribution in [3.8, 4) is 0 Å². The number of nitrogens with one attached hydrogen (secondary N) is 1. The molecule has 0 saturated carbocycles. The van der Waals surface area contributed by atoms with E-state index in [-0.39, 0.29) is 24.1 Å². The average molecular weight is 314 g/mol. The van der Waals surface area contributed by atoms with Gasteiger partial charge < -0.3 is 9.84 Å². The van der Waals surface area contributed by atoms with Crippen molar-refractivity contribution < 1.29 is 18.3 Å². The Morgan fingerprint density at radius 2 is 1.86 bits per heavy atom. The van der Waals surface area contributed by atoms with Crippen molar-refractivity contribution in [2.24, 2.45) is 4.99 Å². The molecule has 0 spiro atoms. The number of aryl methyl sites for hydroxylation is 1. The Morgan fingerprint density at radius 1 is 1.29 bits per heavy atom. The number of benzene rings is 1. The SMILES string of the molecule is Cc1ccc(S(=O)(=O)NC(=NC(C)(C)C)OCCO)cc1. The van der Waals surface area contributed by atoms with Crippen LogP contribution in [0.3, 0.4) is 0 Å². The number of sulfonamides is 1. The molecule has 0 saturated heterocycles. The van der Waals surface area contributed by atoms with Crippen LogP contribution in [0.1, 0.15) is 26.3 Å². The van der Waals surface area contributed by atoms with Crippen LogP contribution in [0.15, 0.2) is 34.2 Å². The predicted octanol–water partition coefficient (Wildman–Crippen LogP) is 1.44. The monoisotopic (exact) mass is 314 g/mol. The summed E-state index contributed by atoms with van der Waals surface area (Å²) in [5.41, 5.74) is 0.453. The predicted molar refractivity (Wildman–Crippen MR) is 81.7 cm³/mol. The molecule has 6 nitrogen and oxygen atoms in total. The maximum atomic E-state index is 12.3. The Hall–Kier alpha value is -1.60. The molecule has 0 aliphatic carbocycles. The molecule has 0 unspecified atom stereocenters. The van der Waals surface area contributed by atoms with Gasteiger partial charge in [-0.05, 0) is 39.8 Å². The number of hydrogen-bond acceptors (Lipinski definition) is 5. The molecule has 0 aliphatic rings. The van der Waals surface area contributed by atoms with Crippen molar-refractivity contribution in [3.63, 3.8) is 0 Å². The summed E-state index contributed by atoms with van der Waals surface area (Å²) in [6.45, 7) is 7.06. The van der Waals surface area contributed by atoms with Crippen LogP contribution in [-0.2, 0) is 14.8 Å². The number of amidine groups is 1. The molecule has 7 heteroatoms. The fourth-order valence-corrected chi connectivity index (χ4v) is 2.37. The van der Waals surface area contributed by atoms with Crippen molar-refractivity contribution >= 4 is 16.0 Å². The fourth-order valence-electron chi connectivity index (χ4n) is 1.42. The maximum Gasteiger partial charge on any atom is 0.299 e. The highest BCUT2D eigenvalue weighted by molar-refractivity contribution is 7.90. The molecule has 0 heterocycles. The molecule has 0 bridgehead atoms. The summed E-state index contributed by atoms with van der Waals surface area (Å²) in [6, 6.07) is 6.32. The Morgan fingerprint density at radius 3 is 2.33 bits per heavy atom. The van der Waals surface area contributed by atoms with Crippen LogP contribution in [0.25, 0.3) is 0 Å². The molecule has 0 fully saturated rings. The normalized spacial score (nSPS) is 13.1. The zero-order valence-corrected chi connectivity index (χ0v) is 13.6. The molecule has 0 radical (unpaired) electrons. The summed E-state index contributed by atoms with van der Waals surface area (Å²) in [4.78, 5) is 4.29. The van der Waals surface area contributed by atoms with E-state index in [1.54, 1.807) is 12.1 Å². The van der Waals surface area contributed by atoms with E-state index in [1.807, 2.05) is 27.7 Å². The standard InChI is InChI=1S/C14H22N2O4S/c1-11-5-7-12(8-6-11)21(18,19)16-13(20-10-9-17)15-14(2,3)4/h5-8,17H,9-10H2,1-4H3,(H,15,16). The van der Waals surface area contributed by atoms with Gasteiger partial charge in [0.25, 0.3) is 16.0 Å². The molecular formula is C14H22N2O4S. The lowest BCUT2D eigenvalue weighted by Gasteiger charge is -2.17. The van der Waals surface area contributed by atoms with Gasteiger partial charge in [-0.25, -0.2) is 18.1 Å². The van der Waals surface area contributed by atoms with E-state index in [0.717, 1.165) is 5.56 Å². The first-order valence-corrected chi connectivity index (χ1v) is 8.05. The van der Waals surface area contributed by atoms with Crippen molar-refractivity contribution in [1.82, 2.24) is 4.72 Å². The first kappa shape index (κ1) is 17.5. The Bertz CT molecular complexity index is 586. The average Bonchev–Trinajstić information content (AvgIpc) is 2.34. The molecule has 0 amide bonds. The van der Waals surface area contributed by atoms with Gasteiger partial charge in [0.1, 0.15) is 6.61 Å². The van der Waals surface area contributed by atoms with Crippen molar-refractivity contribution in [1.29, 1.82) is 0 Å². The minimum absolute atomic E-state index is 0.0364. The van der Waals surface area contributed by atoms with Crippen LogP contribution in [0.5, 0.6) is 0 Å². The number of rotatable bonds is 4. The summed E-state index contributed by atoms with van der Waals surface area (Å²) in [7, 11) is -3.77. The molecule has 0 aromatic heterocycles. The van der Waals surface area contributed by atoms with Gasteiger partial charge >= 0.3 is 0 Å². The van der Waals surface area contributed by atoms with Crippen LogP contribution >= 0.6 is 0 Å². The third-order valence-corrected chi connectivity index (χ3v) is 3.66. The topological polar surface area (TPSA) is 88.0 Å². The van der Waals surface area contributed by atoms with E-state index >= 15 is 0 Å². The van der Waals surface area contributed by atoms with Gasteiger partial charge in [0, 0.05) is 0 Å². The summed E-state index contributed by atoms with van der Waals surface area (Å²) in [5, 5.41) is 8.80. The van der Waals surface area contributed by atoms with Gasteiger partial charge in [-0.1, -0.05) is 17.7 Å². The lowest BCUT2D eigenvalue weighted by atomic mass is 10.1. The number of hydrogen-bond donors (Lipinski definition) is 2. The van der Waals surface area contributed by atoms with E-state index in [9.17, 15) is 8.42 Å². The van der Waals surface area contributed by atoms with E-state index in [4.69, 9.17) is 9.84 Å². The molecule has 0 atom stereocenters. The van der Waals surface area contributed by atoms with Crippen LogP contribution in [0, 0.1) is 6.92 Å². The van der Waals surface area contributed by atoms with Gasteiger partial charge in [-0.15, -0.1) is 0 Å². The second-order valence-corrected chi connectivity index (χ2v) is 7.26. The molecule has 2 N–H and O–H groups in total. The maximum absolute atomic E-state index is 12.3. The molecule has 21 heavy (non-hydrogen) atoms. The third-order valence-electron chi connectivity index (χ3n) is 2.32. The lowest BCUT2D eigenvalue weighted by molar-refractivity contribution is 0.188. The van der Waals surface area contributed by atoms with Gasteiger partial charge in [-0.3, -0.25) is 0 Å². The second kappa shape index (κ2) is 6.91. The summed E-state index contributed by atoms with van der Waals surface area (Å²) in [5.74, 6) is 0. The number of aliphatic hydroxyl groups is 1. The van der Waals surface area contributed by atoms with E-state index < -0.39 is 15.6 Å². The number of aliphatic hydroxyl groups excluding tert-OH is 1. The summed E-state index contributed by atoms with van der Waals surface area (Å²) in [6.07, 6.45) is 0. The van der Waals surface area contributed by atoms with Gasteiger partial charge in [-0.2, -0.15) is 0 Å². The summed E-state index contributed by atoms with van der Waals surface area (Å²) < 4.78 is 32.0. The second-order valence-electron chi connectivity index (χ2n) is 5.58. The van der Waals surface area contributed by atoms with Crippen LogP contribution in [0.4, 0.5) is 0 Å². The number of aliphatic imine (C=N–C) groups is 1. The van der Waals surface area contributed by atoms with E-state index in [2.05, 4.69) is 9.71 Å². The molecule has 118 valence electrons. The van der Waals surface area contributed by atoms with Crippen molar-refractivity contribution in [2.45, 2.75) is 38.1 Å². The third kappa shape index (κ3) is 6.14. The lowest BCUT2D eigenvalue weighted by Crippen LogP contribution is -2.35.